The number of hydrogen-bond donors (Lipinski definition) is 4. The molecule has 1 saturated heterocycles. The van der Waals surface area contributed by atoms with E-state index in [9.17, 15) is 28.8 Å². The number of likely N-dealkylation sites (tertiary alicyclic amines) is 1. The lowest BCUT2D eigenvalue weighted by Crippen LogP contribution is -2.64. The van der Waals surface area contributed by atoms with Crippen molar-refractivity contribution in [3.05, 3.63) is 35.0 Å². The van der Waals surface area contributed by atoms with E-state index in [4.69, 9.17) is 10.5 Å². The van der Waals surface area contributed by atoms with Crippen LogP contribution in [0.5, 0.6) is 0 Å². The van der Waals surface area contributed by atoms with Gasteiger partial charge in [0, 0.05) is 12.1 Å². The van der Waals surface area contributed by atoms with Crippen LogP contribution in [0.2, 0.25) is 0 Å². The van der Waals surface area contributed by atoms with Crippen LogP contribution in [-0.2, 0) is 35.3 Å². The van der Waals surface area contributed by atoms with E-state index >= 15 is 0 Å². The van der Waals surface area contributed by atoms with Crippen LogP contribution in [0, 0.1) is 22.7 Å². The molecule has 2 heterocycles. The third-order valence-corrected chi connectivity index (χ3v) is 11.6. The summed E-state index contributed by atoms with van der Waals surface area (Å²) in [7, 11) is 0. The van der Waals surface area contributed by atoms with Crippen LogP contribution in [0.15, 0.2) is 29.5 Å². The van der Waals surface area contributed by atoms with Gasteiger partial charge in [0.05, 0.1) is 6.04 Å². The number of primary amides is 1. The van der Waals surface area contributed by atoms with Gasteiger partial charge in [-0.15, -0.1) is 6.58 Å². The van der Waals surface area contributed by atoms with Gasteiger partial charge < -0.3 is 31.3 Å². The van der Waals surface area contributed by atoms with Crippen LogP contribution in [0.3, 0.4) is 0 Å². The van der Waals surface area contributed by atoms with Gasteiger partial charge in [0.15, 0.2) is 0 Å². The number of carbonyl (C=O) groups excluding carboxylic acids is 6. The van der Waals surface area contributed by atoms with Gasteiger partial charge in [-0.2, -0.15) is 11.3 Å². The van der Waals surface area contributed by atoms with E-state index in [1.807, 2.05) is 51.4 Å². The van der Waals surface area contributed by atoms with Crippen LogP contribution in [0.1, 0.15) is 104 Å². The predicted octanol–water partition coefficient (Wildman–Crippen LogP) is 4.37. The van der Waals surface area contributed by atoms with E-state index in [0.717, 1.165) is 44.1 Å². The normalized spacial score (nSPS) is 22.0. The van der Waals surface area contributed by atoms with Crippen molar-refractivity contribution < 1.29 is 33.5 Å². The Balaban J connectivity index is 1.56. The molecule has 276 valence electrons. The molecule has 1 aromatic heterocycles. The highest BCUT2D eigenvalue weighted by Crippen LogP contribution is 2.41. The molecule has 1 unspecified atom stereocenters. The smallest absolute Gasteiger partial charge is 0.332 e. The second-order valence-corrected chi connectivity index (χ2v) is 16.7. The fraction of sp³-hybridized carbons (Fsp3) is 0.676. The van der Waals surface area contributed by atoms with Crippen LogP contribution >= 0.6 is 11.3 Å². The van der Waals surface area contributed by atoms with Crippen molar-refractivity contribution in [1.29, 1.82) is 0 Å². The number of carbonyl (C=O) groups is 6. The Bertz CT molecular complexity index is 1430. The number of nitrogens with two attached hydrogens (primary N) is 1. The molecule has 0 spiro atoms. The summed E-state index contributed by atoms with van der Waals surface area (Å²) in [5.74, 6) is -3.69. The molecule has 12 nitrogen and oxygen atoms in total. The van der Waals surface area contributed by atoms with E-state index in [0.29, 0.717) is 25.7 Å². The molecule has 4 atom stereocenters. The summed E-state index contributed by atoms with van der Waals surface area (Å²) >= 11 is 1.50. The monoisotopic (exact) mass is 713 g/mol. The van der Waals surface area contributed by atoms with E-state index in [1.165, 1.54) is 16.2 Å². The predicted molar refractivity (Wildman–Crippen MR) is 191 cm³/mol. The van der Waals surface area contributed by atoms with Gasteiger partial charge in [-0.3, -0.25) is 19.2 Å². The SMILES string of the molecule is C=CC(C)(C)[C@H]1CCN(C(=O)[C@@H](NC(=O)NC2(C(=O)OCc3ccsc3)CCCCC2)C(C)(C)C)[C@@H]1C(=O)NC(CC1CCC1)C(=O)C(N)=O. The number of rotatable bonds is 14. The minimum absolute atomic E-state index is 0.101. The molecule has 50 heavy (non-hydrogen) atoms. The zero-order valence-electron chi connectivity index (χ0n) is 30.2. The zero-order valence-corrected chi connectivity index (χ0v) is 31.0. The van der Waals surface area contributed by atoms with Crippen molar-refractivity contribution in [1.82, 2.24) is 20.9 Å². The minimum atomic E-state index is -1.23. The van der Waals surface area contributed by atoms with E-state index in [1.54, 1.807) is 6.08 Å². The van der Waals surface area contributed by atoms with Gasteiger partial charge >= 0.3 is 12.0 Å². The van der Waals surface area contributed by atoms with Crippen LogP contribution in [0.25, 0.3) is 0 Å². The summed E-state index contributed by atoms with van der Waals surface area (Å²) in [6.07, 6.45) is 8.56. The molecule has 0 radical (unpaired) electrons. The molecule has 2 saturated carbocycles. The first kappa shape index (κ1) is 39.1. The van der Waals surface area contributed by atoms with Crippen molar-refractivity contribution in [2.24, 2.45) is 28.4 Å². The molecule has 1 aromatic rings. The summed E-state index contributed by atoms with van der Waals surface area (Å²) in [5.41, 5.74) is 3.63. The fourth-order valence-corrected chi connectivity index (χ4v) is 8.07. The number of hydrogen-bond acceptors (Lipinski definition) is 8. The van der Waals surface area contributed by atoms with Gasteiger partial charge in [0.25, 0.3) is 5.91 Å². The maximum absolute atomic E-state index is 14.6. The zero-order chi connectivity index (χ0) is 36.9. The first-order chi connectivity index (χ1) is 23.5. The quantitative estimate of drug-likeness (QED) is 0.126. The van der Waals surface area contributed by atoms with E-state index in [-0.39, 0.29) is 25.0 Å². The number of ketones is 1. The molecule has 1 aliphatic heterocycles. The number of nitrogens with zero attached hydrogens (tertiary/aromatic N) is 1. The van der Waals surface area contributed by atoms with Crippen LogP contribution in [-0.4, -0.2) is 70.6 Å². The summed E-state index contributed by atoms with van der Waals surface area (Å²) < 4.78 is 5.67. The lowest BCUT2D eigenvalue weighted by Gasteiger charge is -2.40. The number of nitrogens with one attached hydrogen (secondary N) is 3. The molecule has 13 heteroatoms. The Kier molecular flexibility index (Phi) is 12.6. The molecule has 0 bridgehead atoms. The molecule has 3 fully saturated rings. The Morgan fingerprint density at radius 1 is 1.04 bits per heavy atom. The first-order valence-corrected chi connectivity index (χ1v) is 18.8. The van der Waals surface area contributed by atoms with E-state index < -0.39 is 70.0 Å². The first-order valence-electron chi connectivity index (χ1n) is 17.8. The molecule has 5 amide bonds. The van der Waals surface area contributed by atoms with E-state index in [2.05, 4.69) is 22.5 Å². The Morgan fingerprint density at radius 2 is 1.72 bits per heavy atom. The molecule has 4 rings (SSSR count). The summed E-state index contributed by atoms with van der Waals surface area (Å²) in [6, 6.07) is -1.98. The topological polar surface area (TPSA) is 177 Å². The summed E-state index contributed by atoms with van der Waals surface area (Å²) in [4.78, 5) is 82.2. The molecule has 0 aromatic carbocycles. The number of thiophene rings is 1. The highest BCUT2D eigenvalue weighted by atomic mass is 32.1. The van der Waals surface area contributed by atoms with Gasteiger partial charge in [-0.05, 0) is 65.2 Å². The summed E-state index contributed by atoms with van der Waals surface area (Å²) in [6.45, 7) is 13.6. The maximum Gasteiger partial charge on any atom is 0.332 e. The maximum atomic E-state index is 14.6. The number of Topliss-reactive ketones (excluding diaryl/α,β-unsaturated/α-hetero) is 1. The number of ether oxygens (including phenoxy) is 1. The third-order valence-electron chi connectivity index (χ3n) is 10.9. The lowest BCUT2D eigenvalue weighted by molar-refractivity contribution is -0.154. The number of esters is 1. The average Bonchev–Trinajstić information content (AvgIpc) is 3.74. The highest BCUT2D eigenvalue weighted by Gasteiger charge is 2.51. The lowest BCUT2D eigenvalue weighted by atomic mass is 9.74. The fourth-order valence-electron chi connectivity index (χ4n) is 7.41. The number of allylic oxidation sites excluding steroid dienone is 1. The van der Waals surface area contributed by atoms with Crippen molar-refractivity contribution in [3.8, 4) is 0 Å². The number of amides is 5. The largest absolute Gasteiger partial charge is 0.459 e. The van der Waals surface area contributed by atoms with Crippen molar-refractivity contribution in [3.63, 3.8) is 0 Å². The Labute approximate surface area is 299 Å². The van der Waals surface area contributed by atoms with Crippen LogP contribution < -0.4 is 21.7 Å². The molecular formula is C37H55N5O7S. The number of urea groups is 1. The standard InChI is InChI=1S/C37H55N5O7S/c1-7-36(5,6)25-14-18-42(27(25)31(45)39-26(28(43)30(38)44)20-23-12-11-13-23)32(46)29(35(2,3)4)40-34(48)41-37(16-9-8-10-17-37)33(47)49-21-24-15-19-50-22-24/h7,15,19,22-23,25-27,29H,1,8-14,16-18,20-21H2,2-6H3,(H2,38,44)(H,39,45)(H2,40,41,48)/t25-,26?,27-,29+/m0/s1. The van der Waals surface area contributed by atoms with Gasteiger partial charge in [0.1, 0.15) is 24.2 Å². The second kappa shape index (κ2) is 16.1. The second-order valence-electron chi connectivity index (χ2n) is 16.0. The van der Waals surface area contributed by atoms with Crippen molar-refractivity contribution in [2.75, 3.05) is 6.54 Å². The Morgan fingerprint density at radius 3 is 2.26 bits per heavy atom. The van der Waals surface area contributed by atoms with Gasteiger partial charge in [0.2, 0.25) is 17.6 Å². The molecule has 3 aliphatic rings. The molecule has 2 aliphatic carbocycles. The highest BCUT2D eigenvalue weighted by molar-refractivity contribution is 7.07. The van der Waals surface area contributed by atoms with Crippen molar-refractivity contribution in [2.45, 2.75) is 129 Å². The molecule has 5 N–H and O–H groups in total. The van der Waals surface area contributed by atoms with Gasteiger partial charge in [-0.1, -0.05) is 79.2 Å². The average molecular weight is 714 g/mol. The minimum Gasteiger partial charge on any atom is -0.459 e. The van der Waals surface area contributed by atoms with Gasteiger partial charge in [-0.25, -0.2) is 9.59 Å². The van der Waals surface area contributed by atoms with Crippen molar-refractivity contribution >= 4 is 46.8 Å². The summed E-state index contributed by atoms with van der Waals surface area (Å²) in [5, 5.41) is 12.4. The Hall–Kier alpha value is -3.74. The molecular weight excluding hydrogens is 659 g/mol. The third kappa shape index (κ3) is 9.13. The van der Waals surface area contributed by atoms with Crippen LogP contribution in [0.4, 0.5) is 4.79 Å².